The van der Waals surface area contributed by atoms with Crippen molar-refractivity contribution in [2.24, 2.45) is 10.2 Å². The third-order valence-corrected chi connectivity index (χ3v) is 4.29. The molecule has 27 heavy (non-hydrogen) atoms. The number of ketones is 1. The van der Waals surface area contributed by atoms with Crippen molar-refractivity contribution in [3.05, 3.63) is 97.8 Å². The highest BCUT2D eigenvalue weighted by Gasteiger charge is 2.16. The van der Waals surface area contributed by atoms with Crippen LogP contribution in [0.25, 0.3) is 27.0 Å². The lowest BCUT2D eigenvalue weighted by Gasteiger charge is -2.15. The van der Waals surface area contributed by atoms with Crippen LogP contribution in [0.3, 0.4) is 0 Å². The first kappa shape index (κ1) is 18.0. The Labute approximate surface area is 155 Å². The molecule has 0 heterocycles. The Hall–Kier alpha value is -3.79. The number of hydrogen-bond donors (Lipinski definition) is 0. The Bertz CT molecular complexity index is 1010. The molecule has 0 bridgehead atoms. The molecular formula is C20H16N6O. The maximum atomic E-state index is 12.4. The molecule has 0 N–H and O–H groups in total. The van der Waals surface area contributed by atoms with E-state index in [-0.39, 0.29) is 5.78 Å². The van der Waals surface area contributed by atoms with Gasteiger partial charge < -0.3 is 0 Å². The molecule has 7 heteroatoms. The third kappa shape index (κ3) is 4.86. The van der Waals surface area contributed by atoms with E-state index in [0.717, 1.165) is 28.7 Å². The Balaban J connectivity index is 1.69. The molecule has 2 aromatic rings. The second-order valence-corrected chi connectivity index (χ2v) is 6.15. The van der Waals surface area contributed by atoms with Crippen molar-refractivity contribution in [2.75, 3.05) is 0 Å². The molecule has 1 aliphatic rings. The lowest BCUT2D eigenvalue weighted by molar-refractivity contribution is -0.111. The molecule has 7 nitrogen and oxygen atoms in total. The number of carbonyl (C=O) groups excluding carboxylic acids is 1. The quantitative estimate of drug-likeness (QED) is 0.259. The van der Waals surface area contributed by atoms with Crippen LogP contribution >= 0.6 is 0 Å². The highest BCUT2D eigenvalue weighted by Crippen LogP contribution is 2.26. The number of hydrogen-bond acceptors (Lipinski definition) is 3. The topological polar surface area (TPSA) is 115 Å². The van der Waals surface area contributed by atoms with Gasteiger partial charge in [0.05, 0.1) is 0 Å². The van der Waals surface area contributed by atoms with E-state index in [9.17, 15) is 4.79 Å². The van der Waals surface area contributed by atoms with Crippen molar-refractivity contribution >= 4 is 23.2 Å². The van der Waals surface area contributed by atoms with E-state index in [2.05, 4.69) is 20.1 Å². The number of nitrogens with zero attached hydrogens (tertiary/aromatic N) is 6. The van der Waals surface area contributed by atoms with Gasteiger partial charge in [0.2, 0.25) is 0 Å². The zero-order valence-corrected chi connectivity index (χ0v) is 14.5. The first-order valence-corrected chi connectivity index (χ1v) is 8.41. The number of rotatable bonds is 5. The SMILES string of the molecule is [N-]=[N+]=Nc1ccc(C=C2CCC(Cc3ccc(N=[N+]=[N-])cc3)=CC2=O)cc1. The molecule has 0 saturated heterocycles. The van der Waals surface area contributed by atoms with Crippen LogP contribution in [0.1, 0.15) is 24.0 Å². The molecule has 3 rings (SSSR count). The molecule has 0 unspecified atom stereocenters. The molecule has 0 fully saturated rings. The summed E-state index contributed by atoms with van der Waals surface area (Å²) in [4.78, 5) is 17.9. The van der Waals surface area contributed by atoms with E-state index >= 15 is 0 Å². The summed E-state index contributed by atoms with van der Waals surface area (Å²) >= 11 is 0. The van der Waals surface area contributed by atoms with Gasteiger partial charge in [0.15, 0.2) is 5.78 Å². The Morgan fingerprint density at radius 2 is 1.48 bits per heavy atom. The lowest BCUT2D eigenvalue weighted by Crippen LogP contribution is -2.08. The molecule has 0 amide bonds. The summed E-state index contributed by atoms with van der Waals surface area (Å²) in [6, 6.07) is 14.5. The van der Waals surface area contributed by atoms with Crippen LogP contribution < -0.4 is 0 Å². The van der Waals surface area contributed by atoms with E-state index < -0.39 is 0 Å². The molecule has 132 valence electrons. The first-order valence-electron chi connectivity index (χ1n) is 8.41. The second kappa shape index (κ2) is 8.54. The minimum atomic E-state index is 0.0288. The van der Waals surface area contributed by atoms with Crippen LogP contribution in [0.4, 0.5) is 11.4 Å². The number of benzene rings is 2. The van der Waals surface area contributed by atoms with Crippen LogP contribution in [0, 0.1) is 0 Å². The van der Waals surface area contributed by atoms with Crippen LogP contribution in [0.5, 0.6) is 0 Å². The fourth-order valence-corrected chi connectivity index (χ4v) is 2.94. The monoisotopic (exact) mass is 356 g/mol. The number of allylic oxidation sites excluding steroid dienone is 3. The van der Waals surface area contributed by atoms with Gasteiger partial charge in [0.25, 0.3) is 0 Å². The molecule has 0 aliphatic heterocycles. The van der Waals surface area contributed by atoms with E-state index in [4.69, 9.17) is 11.1 Å². The van der Waals surface area contributed by atoms with E-state index in [1.165, 1.54) is 0 Å². The summed E-state index contributed by atoms with van der Waals surface area (Å²) in [5.41, 5.74) is 21.8. The molecule has 0 aromatic heterocycles. The first-order chi connectivity index (χ1) is 13.2. The Kier molecular flexibility index (Phi) is 5.70. The van der Waals surface area contributed by atoms with Crippen molar-refractivity contribution in [3.63, 3.8) is 0 Å². The average molecular weight is 356 g/mol. The minimum absolute atomic E-state index is 0.0288. The predicted molar refractivity (Wildman–Crippen MR) is 105 cm³/mol. The summed E-state index contributed by atoms with van der Waals surface area (Å²) in [6.45, 7) is 0. The summed E-state index contributed by atoms with van der Waals surface area (Å²) in [7, 11) is 0. The molecule has 0 radical (unpaired) electrons. The van der Waals surface area contributed by atoms with E-state index in [1.807, 2.05) is 30.3 Å². The van der Waals surface area contributed by atoms with Gasteiger partial charge in [0, 0.05) is 26.8 Å². The van der Waals surface area contributed by atoms with Crippen molar-refractivity contribution < 1.29 is 4.79 Å². The fraction of sp³-hybridized carbons (Fsp3) is 0.150. The molecule has 0 saturated carbocycles. The largest absolute Gasteiger partial charge is 0.290 e. The van der Waals surface area contributed by atoms with Crippen LogP contribution in [0.15, 0.2) is 76.0 Å². The molecule has 0 spiro atoms. The van der Waals surface area contributed by atoms with Gasteiger partial charge in [-0.25, -0.2) is 0 Å². The standard InChI is InChI=1S/C20H16N6O/c21-25-23-18-7-2-14(3-8-18)11-16-1-6-17(20(27)13-16)12-15-4-9-19(10-5-15)24-26-22/h2-5,7-10,12-13H,1,6,11H2. The summed E-state index contributed by atoms with van der Waals surface area (Å²) < 4.78 is 0. The van der Waals surface area contributed by atoms with Crippen molar-refractivity contribution in [1.82, 2.24) is 0 Å². The third-order valence-electron chi connectivity index (χ3n) is 4.29. The summed E-state index contributed by atoms with van der Waals surface area (Å²) in [6.07, 6.45) is 5.82. The van der Waals surface area contributed by atoms with Crippen LogP contribution in [0.2, 0.25) is 0 Å². The lowest BCUT2D eigenvalue weighted by atomic mass is 9.89. The molecule has 1 aliphatic carbocycles. The smallest absolute Gasteiger partial charge is 0.181 e. The second-order valence-electron chi connectivity index (χ2n) is 6.15. The minimum Gasteiger partial charge on any atom is -0.290 e. The predicted octanol–water partition coefficient (Wildman–Crippen LogP) is 6.49. The number of carbonyl (C=O) groups is 1. The van der Waals surface area contributed by atoms with E-state index in [0.29, 0.717) is 24.2 Å². The average Bonchev–Trinajstić information content (AvgIpc) is 2.67. The highest BCUT2D eigenvalue weighted by molar-refractivity contribution is 6.08. The normalized spacial score (nSPS) is 14.9. The summed E-state index contributed by atoms with van der Waals surface area (Å²) in [5.74, 6) is 0.0288. The zero-order valence-electron chi connectivity index (χ0n) is 14.5. The van der Waals surface area contributed by atoms with Gasteiger partial charge >= 0.3 is 0 Å². The molecule has 2 aromatic carbocycles. The van der Waals surface area contributed by atoms with Gasteiger partial charge in [-0.05, 0) is 53.6 Å². The zero-order chi connectivity index (χ0) is 19.1. The summed E-state index contributed by atoms with van der Waals surface area (Å²) in [5, 5.41) is 7.09. The number of azide groups is 2. The van der Waals surface area contributed by atoms with Gasteiger partial charge in [-0.1, -0.05) is 64.3 Å². The van der Waals surface area contributed by atoms with Crippen molar-refractivity contribution in [1.29, 1.82) is 0 Å². The molecule has 0 atom stereocenters. The van der Waals surface area contributed by atoms with Gasteiger partial charge in [-0.3, -0.25) is 4.79 Å². The Morgan fingerprint density at radius 3 is 2.04 bits per heavy atom. The van der Waals surface area contributed by atoms with E-state index in [1.54, 1.807) is 30.3 Å². The van der Waals surface area contributed by atoms with Crippen molar-refractivity contribution in [2.45, 2.75) is 19.3 Å². The van der Waals surface area contributed by atoms with Crippen molar-refractivity contribution in [3.8, 4) is 0 Å². The Morgan fingerprint density at radius 1 is 0.889 bits per heavy atom. The van der Waals surface area contributed by atoms with Gasteiger partial charge in [0.1, 0.15) is 0 Å². The van der Waals surface area contributed by atoms with Gasteiger partial charge in [-0.2, -0.15) is 0 Å². The highest BCUT2D eigenvalue weighted by atomic mass is 16.1. The van der Waals surface area contributed by atoms with Gasteiger partial charge in [-0.15, -0.1) is 0 Å². The van der Waals surface area contributed by atoms with Crippen LogP contribution in [-0.2, 0) is 11.2 Å². The maximum Gasteiger partial charge on any atom is 0.181 e. The molecular weight excluding hydrogens is 340 g/mol. The fourth-order valence-electron chi connectivity index (χ4n) is 2.94. The van der Waals surface area contributed by atoms with Crippen LogP contribution in [-0.4, -0.2) is 5.78 Å². The maximum absolute atomic E-state index is 12.4.